The quantitative estimate of drug-likeness (QED) is 0.843. The van der Waals surface area contributed by atoms with Crippen molar-refractivity contribution in [1.82, 2.24) is 9.88 Å². The highest BCUT2D eigenvalue weighted by atomic mass is 32.2. The van der Waals surface area contributed by atoms with E-state index in [1.54, 1.807) is 11.1 Å². The lowest BCUT2D eigenvalue weighted by molar-refractivity contribution is -0.128. The average molecular weight is 283 g/mol. The number of aromatic nitrogens is 1. The third-order valence-corrected chi connectivity index (χ3v) is 4.16. The number of carbonyl (C=O) groups is 1. The molecule has 19 heavy (non-hydrogen) atoms. The van der Waals surface area contributed by atoms with Crippen LogP contribution in [-0.2, 0) is 21.4 Å². The highest BCUT2D eigenvalue weighted by Gasteiger charge is 2.32. The van der Waals surface area contributed by atoms with Gasteiger partial charge < -0.3 is 4.90 Å². The van der Waals surface area contributed by atoms with Gasteiger partial charge in [-0.3, -0.25) is 9.78 Å². The van der Waals surface area contributed by atoms with Gasteiger partial charge in [0.1, 0.15) is 0 Å². The Morgan fingerprint density at radius 1 is 1.53 bits per heavy atom. The third-order valence-electron chi connectivity index (χ3n) is 3.22. The zero-order valence-electron chi connectivity index (χ0n) is 10.7. The number of nitrogens with zero attached hydrogens (tertiary/aromatic N) is 2. The Labute approximate surface area is 112 Å². The molecule has 0 radical (unpaired) electrons. The fraction of sp³-hybridized carbons (Fsp3) is 0.500. The average Bonchev–Trinajstić information content (AvgIpc) is 2.60. The molecule has 1 aliphatic heterocycles. The summed E-state index contributed by atoms with van der Waals surface area (Å²) >= 11 is 0. The molecule has 1 saturated heterocycles. The maximum atomic E-state index is 11.8. The molecule has 2 N–H and O–H groups in total. The molecule has 0 aliphatic carbocycles. The van der Waals surface area contributed by atoms with Gasteiger partial charge in [-0.15, -0.1) is 0 Å². The van der Waals surface area contributed by atoms with E-state index >= 15 is 0 Å². The SMILES string of the molecule is Cc1cccnc1CN1CC(CS(N)(=O)=O)CC1=O. The van der Waals surface area contributed by atoms with Crippen molar-refractivity contribution in [1.29, 1.82) is 0 Å². The van der Waals surface area contributed by atoms with E-state index in [9.17, 15) is 13.2 Å². The van der Waals surface area contributed by atoms with Gasteiger partial charge in [0.25, 0.3) is 0 Å². The molecule has 7 heteroatoms. The highest BCUT2D eigenvalue weighted by Crippen LogP contribution is 2.21. The predicted molar refractivity (Wildman–Crippen MR) is 70.5 cm³/mol. The Bertz CT molecular complexity index is 586. The normalized spacial score (nSPS) is 20.0. The molecular weight excluding hydrogens is 266 g/mol. The molecule has 1 amide bonds. The summed E-state index contributed by atoms with van der Waals surface area (Å²) in [5.41, 5.74) is 1.86. The number of hydrogen-bond donors (Lipinski definition) is 1. The number of carbonyl (C=O) groups excluding carboxylic acids is 1. The van der Waals surface area contributed by atoms with Gasteiger partial charge in [0.2, 0.25) is 15.9 Å². The van der Waals surface area contributed by atoms with E-state index in [0.29, 0.717) is 13.1 Å². The van der Waals surface area contributed by atoms with Crippen LogP contribution in [0, 0.1) is 12.8 Å². The minimum atomic E-state index is -3.53. The lowest BCUT2D eigenvalue weighted by Gasteiger charge is -2.17. The highest BCUT2D eigenvalue weighted by molar-refractivity contribution is 7.89. The van der Waals surface area contributed by atoms with Crippen LogP contribution in [0.25, 0.3) is 0 Å². The lowest BCUT2D eigenvalue weighted by atomic mass is 10.1. The molecule has 104 valence electrons. The van der Waals surface area contributed by atoms with E-state index in [1.165, 1.54) is 0 Å². The van der Waals surface area contributed by atoms with Gasteiger partial charge in [0, 0.05) is 25.1 Å². The first-order chi connectivity index (χ1) is 8.85. The Morgan fingerprint density at radius 2 is 2.26 bits per heavy atom. The van der Waals surface area contributed by atoms with E-state index < -0.39 is 10.0 Å². The Balaban J connectivity index is 2.03. The summed E-state index contributed by atoms with van der Waals surface area (Å²) in [6.45, 7) is 2.78. The zero-order valence-corrected chi connectivity index (χ0v) is 11.6. The largest absolute Gasteiger partial charge is 0.336 e. The van der Waals surface area contributed by atoms with Crippen LogP contribution < -0.4 is 5.14 Å². The number of aryl methyl sites for hydroxylation is 1. The zero-order chi connectivity index (χ0) is 14.0. The van der Waals surface area contributed by atoms with Crippen LogP contribution in [0.5, 0.6) is 0 Å². The standard InChI is InChI=1S/C12H17N3O3S/c1-9-3-2-4-14-11(9)7-15-6-10(5-12(15)16)8-19(13,17)18/h2-4,10H,5-8H2,1H3,(H2,13,17,18). The summed E-state index contributed by atoms with van der Waals surface area (Å²) in [6, 6.07) is 3.78. The Hall–Kier alpha value is -1.47. The smallest absolute Gasteiger partial charge is 0.223 e. The summed E-state index contributed by atoms with van der Waals surface area (Å²) in [5.74, 6) is -0.401. The molecule has 1 unspecified atom stereocenters. The first-order valence-corrected chi connectivity index (χ1v) is 7.75. The first-order valence-electron chi connectivity index (χ1n) is 6.04. The summed E-state index contributed by atoms with van der Waals surface area (Å²) in [6.07, 6.45) is 1.92. The van der Waals surface area contributed by atoms with Crippen LogP contribution in [0.2, 0.25) is 0 Å². The summed E-state index contributed by atoms with van der Waals surface area (Å²) < 4.78 is 22.1. The van der Waals surface area contributed by atoms with Crippen LogP contribution in [0.1, 0.15) is 17.7 Å². The van der Waals surface area contributed by atoms with Crippen molar-refractivity contribution in [2.24, 2.45) is 11.1 Å². The van der Waals surface area contributed by atoms with Crippen molar-refractivity contribution < 1.29 is 13.2 Å². The maximum absolute atomic E-state index is 11.8. The second kappa shape index (κ2) is 5.26. The van der Waals surface area contributed by atoms with Crippen molar-refractivity contribution in [3.8, 4) is 0 Å². The summed E-state index contributed by atoms with van der Waals surface area (Å²) in [5, 5.41) is 5.01. The second-order valence-electron chi connectivity index (χ2n) is 4.94. The molecule has 1 atom stereocenters. The number of nitrogens with two attached hydrogens (primary N) is 1. The van der Waals surface area contributed by atoms with Gasteiger partial charge in [-0.25, -0.2) is 13.6 Å². The van der Waals surface area contributed by atoms with Gasteiger partial charge >= 0.3 is 0 Å². The molecular formula is C12H17N3O3S. The molecule has 1 aliphatic rings. The molecule has 6 nitrogen and oxygen atoms in total. The number of primary sulfonamides is 1. The fourth-order valence-corrected chi connectivity index (χ4v) is 3.19. The molecule has 1 aromatic heterocycles. The molecule has 0 aromatic carbocycles. The van der Waals surface area contributed by atoms with Crippen LogP contribution in [0.4, 0.5) is 0 Å². The monoisotopic (exact) mass is 283 g/mol. The Morgan fingerprint density at radius 3 is 2.89 bits per heavy atom. The number of likely N-dealkylation sites (tertiary alicyclic amines) is 1. The number of rotatable bonds is 4. The topological polar surface area (TPSA) is 93.4 Å². The predicted octanol–water partition coefficient (Wildman–Crippen LogP) is 0.0270. The van der Waals surface area contributed by atoms with Crippen molar-refractivity contribution in [2.45, 2.75) is 19.9 Å². The van der Waals surface area contributed by atoms with E-state index in [-0.39, 0.29) is 24.0 Å². The molecule has 0 spiro atoms. The van der Waals surface area contributed by atoms with E-state index in [1.807, 2.05) is 19.1 Å². The number of amides is 1. The third kappa shape index (κ3) is 3.74. The Kier molecular flexibility index (Phi) is 3.86. The molecule has 0 bridgehead atoms. The van der Waals surface area contributed by atoms with Crippen LogP contribution in [0.15, 0.2) is 18.3 Å². The van der Waals surface area contributed by atoms with Gasteiger partial charge in [-0.05, 0) is 18.6 Å². The van der Waals surface area contributed by atoms with Crippen molar-refractivity contribution in [3.05, 3.63) is 29.6 Å². The van der Waals surface area contributed by atoms with Crippen LogP contribution in [0.3, 0.4) is 0 Å². The fourth-order valence-electron chi connectivity index (χ4n) is 2.31. The van der Waals surface area contributed by atoms with E-state index in [2.05, 4.69) is 4.98 Å². The first kappa shape index (κ1) is 14.0. The summed E-state index contributed by atoms with van der Waals surface area (Å²) in [4.78, 5) is 17.7. The van der Waals surface area contributed by atoms with Gasteiger partial charge in [-0.1, -0.05) is 6.07 Å². The lowest BCUT2D eigenvalue weighted by Crippen LogP contribution is -2.28. The van der Waals surface area contributed by atoms with Gasteiger partial charge in [0.15, 0.2) is 0 Å². The van der Waals surface area contributed by atoms with Gasteiger partial charge in [-0.2, -0.15) is 0 Å². The van der Waals surface area contributed by atoms with E-state index in [4.69, 9.17) is 5.14 Å². The second-order valence-corrected chi connectivity index (χ2v) is 6.60. The number of hydrogen-bond acceptors (Lipinski definition) is 4. The number of sulfonamides is 1. The molecule has 1 fully saturated rings. The number of pyridine rings is 1. The maximum Gasteiger partial charge on any atom is 0.223 e. The van der Waals surface area contributed by atoms with Crippen molar-refractivity contribution in [3.63, 3.8) is 0 Å². The molecule has 2 rings (SSSR count). The van der Waals surface area contributed by atoms with Crippen molar-refractivity contribution >= 4 is 15.9 Å². The summed E-state index contributed by atoms with van der Waals surface area (Å²) in [7, 11) is -3.53. The molecule has 1 aromatic rings. The molecule has 0 saturated carbocycles. The minimum Gasteiger partial charge on any atom is -0.336 e. The van der Waals surface area contributed by atoms with Crippen molar-refractivity contribution in [2.75, 3.05) is 12.3 Å². The van der Waals surface area contributed by atoms with Crippen LogP contribution >= 0.6 is 0 Å². The molecule has 2 heterocycles. The van der Waals surface area contributed by atoms with Gasteiger partial charge in [0.05, 0.1) is 18.0 Å². The van der Waals surface area contributed by atoms with Crippen LogP contribution in [-0.4, -0.2) is 36.5 Å². The minimum absolute atomic E-state index is 0.0429. The van der Waals surface area contributed by atoms with E-state index in [0.717, 1.165) is 11.3 Å².